The second-order valence-corrected chi connectivity index (χ2v) is 12.0. The van der Waals surface area contributed by atoms with Gasteiger partial charge in [0, 0.05) is 54.9 Å². The summed E-state index contributed by atoms with van der Waals surface area (Å²) in [6.45, 7) is 1.97. The molecule has 272 valence electrons. The molecule has 0 aliphatic carbocycles. The summed E-state index contributed by atoms with van der Waals surface area (Å²) in [4.78, 5) is 68.7. The molecule has 0 aromatic rings. The molecule has 0 spiro atoms. The predicted molar refractivity (Wildman–Crippen MR) is 180 cm³/mol. The average molecular weight is 788 g/mol. The van der Waals surface area contributed by atoms with Crippen molar-refractivity contribution >= 4 is 56.0 Å². The van der Waals surface area contributed by atoms with Gasteiger partial charge in [0.05, 0.1) is 39.6 Å². The van der Waals surface area contributed by atoms with E-state index in [1.165, 1.54) is 0 Å². The zero-order chi connectivity index (χ0) is 35.0. The third-order valence-electron chi connectivity index (χ3n) is 6.67. The monoisotopic (exact) mass is 787 g/mol. The van der Waals surface area contributed by atoms with Crippen molar-refractivity contribution in [2.45, 2.75) is 95.9 Å². The maximum Gasteiger partial charge on any atom is 0.326 e. The number of hydrogen-bond donors (Lipinski definition) is 5. The van der Waals surface area contributed by atoms with Crippen molar-refractivity contribution in [3.63, 3.8) is 0 Å². The zero-order valence-corrected chi connectivity index (χ0v) is 29.6. The molecule has 16 heteroatoms. The smallest absolute Gasteiger partial charge is 0.326 e. The molecule has 0 radical (unpaired) electrons. The Hall–Kier alpha value is -2.41. The molecule has 47 heavy (non-hydrogen) atoms. The number of carbonyl (C=O) groups is 6. The predicted octanol–water partition coefficient (Wildman–Crippen LogP) is 2.36. The number of carbonyl (C=O) groups excluding carboxylic acids is 4. The number of carboxylic acids is 2. The normalized spacial score (nSPS) is 11.5. The van der Waals surface area contributed by atoms with E-state index in [0.29, 0.717) is 32.8 Å². The molecule has 0 unspecified atom stereocenters. The fourth-order valence-electron chi connectivity index (χ4n) is 4.20. The highest BCUT2D eigenvalue weighted by Crippen LogP contribution is 2.12. The Morgan fingerprint density at radius 2 is 1.00 bits per heavy atom. The van der Waals surface area contributed by atoms with Gasteiger partial charge in [-0.05, 0) is 19.3 Å². The number of aliphatic carboxylic acids is 2. The van der Waals surface area contributed by atoms with Crippen LogP contribution >= 0.6 is 22.6 Å². The zero-order valence-electron chi connectivity index (χ0n) is 27.4. The van der Waals surface area contributed by atoms with Crippen molar-refractivity contribution in [1.29, 1.82) is 0 Å². The molecule has 0 aromatic heterocycles. The molecule has 0 aliphatic heterocycles. The number of rotatable bonds is 34. The standard InChI is InChI=1S/C31H54IN3O12/c32-26(36)23-46-21-19-45-18-16-34-29(39)24-47-22-20-44-17-15-33-27(37)14-13-25(31(42)43)35-28(38)11-9-7-5-3-1-2-4-6-8-10-12-30(40)41/h25H,1-24H2,(H,33,37)(H,34,39)(H,35,38)(H,40,41)(H,42,43)/t25-/m0/s1. The summed E-state index contributed by atoms with van der Waals surface area (Å²) in [5.74, 6) is -2.93. The van der Waals surface area contributed by atoms with Crippen LogP contribution in [0.5, 0.6) is 0 Å². The minimum atomic E-state index is -1.19. The maximum absolute atomic E-state index is 12.2. The first kappa shape index (κ1) is 44.6. The van der Waals surface area contributed by atoms with Gasteiger partial charge in [-0.3, -0.25) is 24.0 Å². The first-order chi connectivity index (χ1) is 22.6. The van der Waals surface area contributed by atoms with Crippen LogP contribution in [0.2, 0.25) is 0 Å². The lowest BCUT2D eigenvalue weighted by molar-refractivity contribution is -0.142. The SMILES string of the molecule is O=C(O)CCCCCCCCCCCCC(=O)N[C@@H](CCC(=O)NCCOCCOCC(=O)NCCOCCOCC(=O)I)C(=O)O. The lowest BCUT2D eigenvalue weighted by Gasteiger charge is -2.14. The molecule has 0 bridgehead atoms. The van der Waals surface area contributed by atoms with Gasteiger partial charge in [0.1, 0.15) is 19.3 Å². The second-order valence-electron chi connectivity index (χ2n) is 10.8. The summed E-state index contributed by atoms with van der Waals surface area (Å²) < 4.78 is 20.8. The summed E-state index contributed by atoms with van der Waals surface area (Å²) in [5.41, 5.74) is 0. The Morgan fingerprint density at radius 1 is 0.532 bits per heavy atom. The van der Waals surface area contributed by atoms with E-state index >= 15 is 0 Å². The minimum Gasteiger partial charge on any atom is -0.481 e. The number of hydrogen-bond acceptors (Lipinski definition) is 10. The number of unbranched alkanes of at least 4 members (excludes halogenated alkanes) is 9. The number of nitrogens with one attached hydrogen (secondary N) is 3. The molecular weight excluding hydrogens is 733 g/mol. The van der Waals surface area contributed by atoms with E-state index in [4.69, 9.17) is 24.1 Å². The first-order valence-electron chi connectivity index (χ1n) is 16.4. The van der Waals surface area contributed by atoms with Crippen molar-refractivity contribution in [2.24, 2.45) is 0 Å². The van der Waals surface area contributed by atoms with Gasteiger partial charge in [0.25, 0.3) is 0 Å². The summed E-state index contributed by atoms with van der Waals surface area (Å²) in [6, 6.07) is -1.14. The molecule has 0 aliphatic rings. The number of halogens is 1. The van der Waals surface area contributed by atoms with Gasteiger partial charge >= 0.3 is 11.9 Å². The Labute approximate surface area is 291 Å². The van der Waals surface area contributed by atoms with Crippen molar-refractivity contribution in [2.75, 3.05) is 65.9 Å². The van der Waals surface area contributed by atoms with Gasteiger partial charge in [-0.2, -0.15) is 0 Å². The third kappa shape index (κ3) is 33.3. The van der Waals surface area contributed by atoms with Crippen LogP contribution in [0.4, 0.5) is 0 Å². The fraction of sp³-hybridized carbons (Fsp3) is 0.806. The summed E-state index contributed by atoms with van der Waals surface area (Å²) in [6.07, 6.45) is 10.1. The van der Waals surface area contributed by atoms with E-state index in [1.54, 1.807) is 22.6 Å². The van der Waals surface area contributed by atoms with E-state index in [0.717, 1.165) is 57.8 Å². The molecule has 0 aromatic carbocycles. The van der Waals surface area contributed by atoms with Crippen LogP contribution in [0.3, 0.4) is 0 Å². The van der Waals surface area contributed by atoms with Crippen LogP contribution in [0, 0.1) is 0 Å². The van der Waals surface area contributed by atoms with E-state index in [9.17, 15) is 33.9 Å². The molecule has 3 amide bonds. The van der Waals surface area contributed by atoms with Gasteiger partial charge in [0.2, 0.25) is 21.5 Å². The van der Waals surface area contributed by atoms with Crippen LogP contribution < -0.4 is 16.0 Å². The Bertz CT molecular complexity index is 894. The highest BCUT2D eigenvalue weighted by atomic mass is 127. The topological polar surface area (TPSA) is 216 Å². The lowest BCUT2D eigenvalue weighted by Crippen LogP contribution is -2.41. The Morgan fingerprint density at radius 3 is 1.51 bits per heavy atom. The molecule has 0 heterocycles. The van der Waals surface area contributed by atoms with E-state index in [1.807, 2.05) is 0 Å². The number of amides is 3. The fourth-order valence-corrected chi connectivity index (χ4v) is 4.42. The lowest BCUT2D eigenvalue weighted by atomic mass is 10.0. The molecule has 0 saturated carbocycles. The van der Waals surface area contributed by atoms with E-state index < -0.39 is 18.0 Å². The molecule has 0 saturated heterocycles. The molecule has 5 N–H and O–H groups in total. The largest absolute Gasteiger partial charge is 0.481 e. The van der Waals surface area contributed by atoms with Crippen LogP contribution in [0.15, 0.2) is 0 Å². The van der Waals surface area contributed by atoms with Crippen molar-refractivity contribution in [3.05, 3.63) is 0 Å². The molecule has 15 nitrogen and oxygen atoms in total. The summed E-state index contributed by atoms with van der Waals surface area (Å²) >= 11 is 1.65. The van der Waals surface area contributed by atoms with E-state index in [-0.39, 0.29) is 86.8 Å². The highest BCUT2D eigenvalue weighted by Gasteiger charge is 2.20. The Kier molecular flexibility index (Phi) is 30.5. The highest BCUT2D eigenvalue weighted by molar-refractivity contribution is 14.1. The average Bonchev–Trinajstić information content (AvgIpc) is 3.01. The first-order valence-corrected chi connectivity index (χ1v) is 17.5. The van der Waals surface area contributed by atoms with Gasteiger partial charge in [0.15, 0.2) is 0 Å². The summed E-state index contributed by atoms with van der Waals surface area (Å²) in [5, 5.41) is 25.8. The van der Waals surface area contributed by atoms with Crippen molar-refractivity contribution in [3.8, 4) is 0 Å². The molecule has 1 atom stereocenters. The van der Waals surface area contributed by atoms with Crippen molar-refractivity contribution < 1.29 is 57.9 Å². The van der Waals surface area contributed by atoms with Crippen LogP contribution in [0.25, 0.3) is 0 Å². The van der Waals surface area contributed by atoms with Gasteiger partial charge in [-0.15, -0.1) is 0 Å². The van der Waals surface area contributed by atoms with Gasteiger partial charge in [-0.25, -0.2) is 4.79 Å². The Balaban J connectivity index is 3.70. The van der Waals surface area contributed by atoms with Gasteiger partial charge in [-0.1, -0.05) is 51.4 Å². The summed E-state index contributed by atoms with van der Waals surface area (Å²) in [7, 11) is 0. The third-order valence-corrected chi connectivity index (χ3v) is 6.98. The number of carboxylic acid groups (broad SMARTS) is 2. The maximum atomic E-state index is 12.2. The number of ether oxygens (including phenoxy) is 4. The van der Waals surface area contributed by atoms with Crippen LogP contribution in [-0.4, -0.2) is 116 Å². The van der Waals surface area contributed by atoms with Gasteiger partial charge < -0.3 is 45.1 Å². The quantitative estimate of drug-likeness (QED) is 0.0361. The minimum absolute atomic E-state index is 0.0264. The van der Waals surface area contributed by atoms with Crippen molar-refractivity contribution in [1.82, 2.24) is 16.0 Å². The van der Waals surface area contributed by atoms with Crippen LogP contribution in [0.1, 0.15) is 89.9 Å². The molecular formula is C31H54IN3O12. The van der Waals surface area contributed by atoms with Crippen LogP contribution in [-0.2, 0) is 47.7 Å². The van der Waals surface area contributed by atoms with E-state index in [2.05, 4.69) is 16.0 Å². The molecule has 0 rings (SSSR count). The molecule has 0 fully saturated rings. The second kappa shape index (κ2) is 32.2.